The fraction of sp³-hybridized carbons (Fsp3) is 0.130. The number of nitrogens with zero attached hydrogens (tertiary/aromatic N) is 3. The van der Waals surface area contributed by atoms with Crippen molar-refractivity contribution in [3.63, 3.8) is 0 Å². The molecule has 0 unspecified atom stereocenters. The zero-order valence-electron chi connectivity index (χ0n) is 16.0. The molecule has 0 fully saturated rings. The van der Waals surface area contributed by atoms with Crippen molar-refractivity contribution >= 4 is 27.7 Å². The highest BCUT2D eigenvalue weighted by Gasteiger charge is 2.16. The summed E-state index contributed by atoms with van der Waals surface area (Å²) in [6, 6.07) is 26.4. The van der Waals surface area contributed by atoms with Crippen molar-refractivity contribution < 1.29 is 4.74 Å². The first-order valence-electron chi connectivity index (χ1n) is 9.30. The van der Waals surface area contributed by atoms with Crippen LogP contribution in [0.4, 0.5) is 0 Å². The van der Waals surface area contributed by atoms with Gasteiger partial charge in [-0.2, -0.15) is 0 Å². The van der Waals surface area contributed by atoms with Crippen molar-refractivity contribution in [2.45, 2.75) is 12.1 Å². The highest BCUT2D eigenvalue weighted by molar-refractivity contribution is 9.10. The summed E-state index contributed by atoms with van der Waals surface area (Å²) in [4.78, 5) is 0. The number of hydrogen-bond donors (Lipinski definition) is 0. The van der Waals surface area contributed by atoms with Crippen molar-refractivity contribution in [1.29, 1.82) is 0 Å². The highest BCUT2D eigenvalue weighted by atomic mass is 79.9. The first-order valence-corrected chi connectivity index (χ1v) is 11.1. The fourth-order valence-electron chi connectivity index (χ4n) is 2.99. The van der Waals surface area contributed by atoms with E-state index in [1.807, 2.05) is 48.5 Å². The lowest BCUT2D eigenvalue weighted by Gasteiger charge is -2.11. The molecule has 0 bridgehead atoms. The van der Waals surface area contributed by atoms with Gasteiger partial charge in [-0.1, -0.05) is 75.7 Å². The smallest absolute Gasteiger partial charge is 0.196 e. The Morgan fingerprint density at radius 1 is 0.931 bits per heavy atom. The normalized spacial score (nSPS) is 10.8. The van der Waals surface area contributed by atoms with Crippen LogP contribution in [-0.4, -0.2) is 27.1 Å². The monoisotopic (exact) mass is 465 g/mol. The first kappa shape index (κ1) is 19.7. The average Bonchev–Trinajstić information content (AvgIpc) is 3.16. The molecule has 29 heavy (non-hydrogen) atoms. The van der Waals surface area contributed by atoms with Gasteiger partial charge in [-0.05, 0) is 43.3 Å². The number of hydrogen-bond acceptors (Lipinski definition) is 4. The second-order valence-corrected chi connectivity index (χ2v) is 8.48. The Kier molecular flexibility index (Phi) is 6.32. The zero-order valence-corrected chi connectivity index (χ0v) is 18.4. The molecule has 0 spiro atoms. The molecule has 6 heteroatoms. The second kappa shape index (κ2) is 9.29. The van der Waals surface area contributed by atoms with Gasteiger partial charge in [0.1, 0.15) is 5.75 Å². The van der Waals surface area contributed by atoms with Crippen LogP contribution in [0, 0.1) is 6.92 Å². The lowest BCUT2D eigenvalue weighted by atomic mass is 10.1. The number of halogens is 1. The highest BCUT2D eigenvalue weighted by Crippen LogP contribution is 2.28. The second-order valence-electron chi connectivity index (χ2n) is 6.50. The summed E-state index contributed by atoms with van der Waals surface area (Å²) in [5.41, 5.74) is 3.30. The van der Waals surface area contributed by atoms with Gasteiger partial charge in [-0.15, -0.1) is 10.2 Å². The quantitative estimate of drug-likeness (QED) is 0.241. The number of para-hydroxylation sites is 1. The number of rotatable bonds is 7. The van der Waals surface area contributed by atoms with Crippen LogP contribution in [-0.2, 0) is 0 Å². The minimum Gasteiger partial charge on any atom is -0.493 e. The summed E-state index contributed by atoms with van der Waals surface area (Å²) in [7, 11) is 0. The number of benzene rings is 3. The third kappa shape index (κ3) is 4.89. The molecule has 0 N–H and O–H groups in total. The van der Waals surface area contributed by atoms with Crippen LogP contribution in [0.1, 0.15) is 5.56 Å². The van der Waals surface area contributed by atoms with Crippen molar-refractivity contribution in [3.05, 3.63) is 88.9 Å². The molecule has 146 valence electrons. The van der Waals surface area contributed by atoms with Crippen LogP contribution < -0.4 is 4.74 Å². The largest absolute Gasteiger partial charge is 0.493 e. The number of ether oxygens (including phenoxy) is 1. The van der Waals surface area contributed by atoms with Gasteiger partial charge in [0.2, 0.25) is 0 Å². The molecule has 1 aromatic heterocycles. The van der Waals surface area contributed by atoms with Crippen LogP contribution in [0.2, 0.25) is 0 Å². The molecule has 0 aliphatic heterocycles. The SMILES string of the molecule is Cc1cccc(-c2nnc(SCCOc3cccc(Br)c3)n2-c2ccccc2)c1. The van der Waals surface area contributed by atoms with E-state index in [1.54, 1.807) is 11.8 Å². The molecule has 0 amide bonds. The van der Waals surface area contributed by atoms with E-state index in [0.29, 0.717) is 6.61 Å². The topological polar surface area (TPSA) is 39.9 Å². The molecule has 1 heterocycles. The Balaban J connectivity index is 1.55. The molecular formula is C23H20BrN3OS. The average molecular weight is 466 g/mol. The summed E-state index contributed by atoms with van der Waals surface area (Å²) >= 11 is 5.10. The van der Waals surface area contributed by atoms with Gasteiger partial charge in [0.25, 0.3) is 0 Å². The summed E-state index contributed by atoms with van der Waals surface area (Å²) in [5, 5.41) is 9.82. The van der Waals surface area contributed by atoms with Crippen LogP contribution in [0.5, 0.6) is 5.75 Å². The summed E-state index contributed by atoms with van der Waals surface area (Å²) in [6.45, 7) is 2.67. The Morgan fingerprint density at radius 3 is 2.55 bits per heavy atom. The Morgan fingerprint density at radius 2 is 1.76 bits per heavy atom. The third-order valence-electron chi connectivity index (χ3n) is 4.30. The van der Waals surface area contributed by atoms with Crippen LogP contribution >= 0.6 is 27.7 Å². The third-order valence-corrected chi connectivity index (χ3v) is 5.69. The maximum Gasteiger partial charge on any atom is 0.196 e. The van der Waals surface area contributed by atoms with Gasteiger partial charge in [-0.3, -0.25) is 4.57 Å². The van der Waals surface area contributed by atoms with E-state index in [9.17, 15) is 0 Å². The fourth-order valence-corrected chi connectivity index (χ4v) is 4.14. The van der Waals surface area contributed by atoms with E-state index in [1.165, 1.54) is 5.56 Å². The standard InChI is InChI=1S/C23H20BrN3OS/c1-17-7-5-8-18(15-17)22-25-26-23(27(22)20-10-3-2-4-11-20)29-14-13-28-21-12-6-9-19(24)16-21/h2-12,15-16H,13-14H2,1H3. The van der Waals surface area contributed by atoms with E-state index in [2.05, 4.69) is 67.9 Å². The molecular weight excluding hydrogens is 446 g/mol. The maximum absolute atomic E-state index is 5.85. The molecule has 4 nitrogen and oxygen atoms in total. The molecule has 4 rings (SSSR count). The molecule has 3 aromatic carbocycles. The summed E-state index contributed by atoms with van der Waals surface area (Å²) in [5.74, 6) is 2.46. The van der Waals surface area contributed by atoms with Crippen LogP contribution in [0.3, 0.4) is 0 Å². The summed E-state index contributed by atoms with van der Waals surface area (Å²) in [6.07, 6.45) is 0. The molecule has 0 aliphatic carbocycles. The maximum atomic E-state index is 5.85. The van der Waals surface area contributed by atoms with Crippen molar-refractivity contribution in [2.24, 2.45) is 0 Å². The molecule has 0 saturated heterocycles. The van der Waals surface area contributed by atoms with Crippen molar-refractivity contribution in [3.8, 4) is 22.8 Å². The van der Waals surface area contributed by atoms with Crippen LogP contribution in [0.15, 0.2) is 88.5 Å². The van der Waals surface area contributed by atoms with Gasteiger partial charge in [-0.25, -0.2) is 0 Å². The first-order chi connectivity index (χ1) is 14.2. The van der Waals surface area contributed by atoms with E-state index in [0.717, 1.165) is 38.2 Å². The predicted molar refractivity (Wildman–Crippen MR) is 122 cm³/mol. The zero-order chi connectivity index (χ0) is 20.1. The lowest BCUT2D eigenvalue weighted by Crippen LogP contribution is -2.03. The van der Waals surface area contributed by atoms with E-state index in [-0.39, 0.29) is 0 Å². The van der Waals surface area contributed by atoms with Crippen molar-refractivity contribution in [2.75, 3.05) is 12.4 Å². The van der Waals surface area contributed by atoms with Gasteiger partial charge in [0, 0.05) is 21.5 Å². The van der Waals surface area contributed by atoms with Gasteiger partial charge in [0.15, 0.2) is 11.0 Å². The predicted octanol–water partition coefficient (Wildman–Crippen LogP) is 6.18. The number of thioether (sulfide) groups is 1. The Bertz CT molecular complexity index is 1100. The minimum absolute atomic E-state index is 0.586. The van der Waals surface area contributed by atoms with E-state index >= 15 is 0 Å². The van der Waals surface area contributed by atoms with Gasteiger partial charge < -0.3 is 4.74 Å². The number of aryl methyl sites for hydroxylation is 1. The molecule has 0 radical (unpaired) electrons. The van der Waals surface area contributed by atoms with E-state index < -0.39 is 0 Å². The van der Waals surface area contributed by atoms with Gasteiger partial charge >= 0.3 is 0 Å². The Hall–Kier alpha value is -2.57. The Labute approximate surface area is 183 Å². The van der Waals surface area contributed by atoms with Crippen LogP contribution in [0.25, 0.3) is 17.1 Å². The van der Waals surface area contributed by atoms with E-state index in [4.69, 9.17) is 4.74 Å². The number of aromatic nitrogens is 3. The minimum atomic E-state index is 0.586. The lowest BCUT2D eigenvalue weighted by molar-refractivity contribution is 0.343. The van der Waals surface area contributed by atoms with Gasteiger partial charge in [0.05, 0.1) is 6.61 Å². The molecule has 0 atom stereocenters. The van der Waals surface area contributed by atoms with Crippen molar-refractivity contribution in [1.82, 2.24) is 14.8 Å². The molecule has 0 aliphatic rings. The molecule has 4 aromatic rings. The molecule has 0 saturated carbocycles. The summed E-state index contributed by atoms with van der Waals surface area (Å²) < 4.78 is 8.97.